The first kappa shape index (κ1) is 14.6. The van der Waals surface area contributed by atoms with Crippen LogP contribution in [0.5, 0.6) is 0 Å². The first-order valence-electron chi connectivity index (χ1n) is 8.52. The van der Waals surface area contributed by atoms with Gasteiger partial charge in [-0.3, -0.25) is 4.98 Å². The van der Waals surface area contributed by atoms with Crippen molar-refractivity contribution in [3.05, 3.63) is 36.3 Å². The van der Waals surface area contributed by atoms with Crippen LogP contribution < -0.4 is 0 Å². The second-order valence-electron chi connectivity index (χ2n) is 7.09. The summed E-state index contributed by atoms with van der Waals surface area (Å²) in [5.41, 5.74) is 4.60. The number of rotatable bonds is 2. The van der Waals surface area contributed by atoms with Crippen molar-refractivity contribution in [1.29, 1.82) is 0 Å². The summed E-state index contributed by atoms with van der Waals surface area (Å²) in [6.07, 6.45) is 8.91. The van der Waals surface area contributed by atoms with Crippen molar-refractivity contribution < 1.29 is 0 Å². The average Bonchev–Trinajstić information content (AvgIpc) is 2.99. The lowest BCUT2D eigenvalue weighted by atomic mass is 9.90. The molecule has 0 unspecified atom stereocenters. The normalized spacial score (nSPS) is 22.3. The summed E-state index contributed by atoms with van der Waals surface area (Å²) in [6, 6.07) is 7.77. The van der Waals surface area contributed by atoms with Gasteiger partial charge in [-0.2, -0.15) is 0 Å². The molecule has 0 bridgehead atoms. The van der Waals surface area contributed by atoms with Gasteiger partial charge in [-0.05, 0) is 58.8 Å². The van der Waals surface area contributed by atoms with Gasteiger partial charge >= 0.3 is 0 Å². The second kappa shape index (κ2) is 5.60. The summed E-state index contributed by atoms with van der Waals surface area (Å²) >= 11 is 0. The summed E-state index contributed by atoms with van der Waals surface area (Å²) in [4.78, 5) is 11.5. The molecule has 0 N–H and O–H groups in total. The van der Waals surface area contributed by atoms with E-state index in [0.29, 0.717) is 6.04 Å². The Bertz CT molecular complexity index is 841. The predicted molar refractivity (Wildman–Crippen MR) is 94.8 cm³/mol. The van der Waals surface area contributed by atoms with E-state index in [-0.39, 0.29) is 0 Å². The lowest BCUT2D eigenvalue weighted by Crippen LogP contribution is -2.32. The number of aromatic nitrogens is 3. The van der Waals surface area contributed by atoms with E-state index >= 15 is 0 Å². The van der Waals surface area contributed by atoms with Crippen LogP contribution in [0.15, 0.2) is 30.7 Å². The molecule has 0 radical (unpaired) electrons. The largest absolute Gasteiger partial charge is 0.327 e. The van der Waals surface area contributed by atoms with Gasteiger partial charge in [0.15, 0.2) is 0 Å². The number of nitrogens with zero attached hydrogens (tertiary/aromatic N) is 4. The number of imidazole rings is 1. The molecule has 2 aromatic heterocycles. The fraction of sp³-hybridized carbons (Fsp3) is 0.474. The van der Waals surface area contributed by atoms with E-state index < -0.39 is 0 Å². The van der Waals surface area contributed by atoms with Crippen molar-refractivity contribution >= 4 is 21.9 Å². The van der Waals surface area contributed by atoms with Crippen LogP contribution in [0.4, 0.5) is 0 Å². The summed E-state index contributed by atoms with van der Waals surface area (Å²) < 4.78 is 2.41. The number of pyridine rings is 1. The van der Waals surface area contributed by atoms with E-state index in [1.165, 1.54) is 42.1 Å². The van der Waals surface area contributed by atoms with Crippen LogP contribution in [-0.4, -0.2) is 39.6 Å². The van der Waals surface area contributed by atoms with Crippen LogP contribution in [0, 0.1) is 6.92 Å². The molecule has 4 rings (SSSR count). The molecule has 2 heterocycles. The number of hydrogen-bond acceptors (Lipinski definition) is 3. The maximum atomic E-state index is 4.62. The third-order valence-electron chi connectivity index (χ3n) is 5.35. The molecule has 0 amide bonds. The Balaban J connectivity index is 1.77. The van der Waals surface area contributed by atoms with Gasteiger partial charge in [0.2, 0.25) is 0 Å². The maximum absolute atomic E-state index is 4.62. The first-order valence-corrected chi connectivity index (χ1v) is 8.52. The number of benzene rings is 1. The zero-order chi connectivity index (χ0) is 16.0. The van der Waals surface area contributed by atoms with Gasteiger partial charge in [-0.15, -0.1) is 0 Å². The standard InChI is InChI=1S/C19H24N4/c1-13-4-9-17-16(10-13)19-18(11-20-17)21-12-23(19)15-7-5-14(6-8-15)22(2)3/h4,9-12,14-15H,5-8H2,1-3H3. The quantitative estimate of drug-likeness (QED) is 0.719. The SMILES string of the molecule is Cc1ccc2ncc3ncn(C4CCC(N(C)C)CC4)c3c2c1. The maximum Gasteiger partial charge on any atom is 0.107 e. The molecule has 0 spiro atoms. The van der Waals surface area contributed by atoms with E-state index in [4.69, 9.17) is 0 Å². The van der Waals surface area contributed by atoms with Gasteiger partial charge in [0.1, 0.15) is 5.52 Å². The Hall–Kier alpha value is -1.94. The molecule has 1 saturated carbocycles. The van der Waals surface area contributed by atoms with E-state index in [1.807, 2.05) is 12.5 Å². The van der Waals surface area contributed by atoms with Crippen molar-refractivity contribution in [2.45, 2.75) is 44.7 Å². The Morgan fingerprint density at radius 2 is 1.83 bits per heavy atom. The second-order valence-corrected chi connectivity index (χ2v) is 7.09. The molecule has 23 heavy (non-hydrogen) atoms. The molecule has 4 nitrogen and oxygen atoms in total. The minimum atomic E-state index is 0.558. The van der Waals surface area contributed by atoms with Gasteiger partial charge in [0, 0.05) is 17.5 Å². The molecule has 1 aliphatic carbocycles. The van der Waals surface area contributed by atoms with Crippen molar-refractivity contribution in [2.75, 3.05) is 14.1 Å². The van der Waals surface area contributed by atoms with Crippen LogP contribution in [-0.2, 0) is 0 Å². The number of aryl methyl sites for hydroxylation is 1. The minimum absolute atomic E-state index is 0.558. The zero-order valence-electron chi connectivity index (χ0n) is 14.2. The summed E-state index contributed by atoms with van der Waals surface area (Å²) in [5, 5.41) is 1.23. The molecule has 3 aromatic rings. The Kier molecular flexibility index (Phi) is 3.57. The highest BCUT2D eigenvalue weighted by molar-refractivity contribution is 6.02. The van der Waals surface area contributed by atoms with Crippen LogP contribution in [0.2, 0.25) is 0 Å². The lowest BCUT2D eigenvalue weighted by molar-refractivity contribution is 0.197. The third-order valence-corrected chi connectivity index (χ3v) is 5.35. The minimum Gasteiger partial charge on any atom is -0.327 e. The fourth-order valence-electron chi connectivity index (χ4n) is 3.96. The predicted octanol–water partition coefficient (Wildman–Crippen LogP) is 3.94. The summed E-state index contributed by atoms with van der Waals surface area (Å²) in [7, 11) is 4.39. The van der Waals surface area contributed by atoms with Crippen molar-refractivity contribution in [2.24, 2.45) is 0 Å². The molecule has 1 aliphatic rings. The Morgan fingerprint density at radius 1 is 1.04 bits per heavy atom. The average molecular weight is 308 g/mol. The Morgan fingerprint density at radius 3 is 2.57 bits per heavy atom. The van der Waals surface area contributed by atoms with Crippen LogP contribution in [0.25, 0.3) is 21.9 Å². The monoisotopic (exact) mass is 308 g/mol. The molecule has 1 fully saturated rings. The van der Waals surface area contributed by atoms with Gasteiger partial charge in [0.05, 0.1) is 23.6 Å². The van der Waals surface area contributed by atoms with Gasteiger partial charge in [-0.25, -0.2) is 4.98 Å². The van der Waals surface area contributed by atoms with Crippen molar-refractivity contribution in [3.8, 4) is 0 Å². The fourth-order valence-corrected chi connectivity index (χ4v) is 3.96. The molecule has 1 aromatic carbocycles. The van der Waals surface area contributed by atoms with Crippen LogP contribution in [0.3, 0.4) is 0 Å². The third kappa shape index (κ3) is 2.51. The molecule has 0 aliphatic heterocycles. The van der Waals surface area contributed by atoms with Crippen LogP contribution >= 0.6 is 0 Å². The molecule has 120 valence electrons. The van der Waals surface area contributed by atoms with Crippen LogP contribution in [0.1, 0.15) is 37.3 Å². The summed E-state index contributed by atoms with van der Waals surface area (Å²) in [6.45, 7) is 2.14. The first-order chi connectivity index (χ1) is 11.1. The highest BCUT2D eigenvalue weighted by Crippen LogP contribution is 2.34. The molecule has 0 saturated heterocycles. The van der Waals surface area contributed by atoms with E-state index in [9.17, 15) is 0 Å². The van der Waals surface area contributed by atoms with Gasteiger partial charge in [0.25, 0.3) is 0 Å². The lowest BCUT2D eigenvalue weighted by Gasteiger charge is -2.33. The van der Waals surface area contributed by atoms with E-state index in [0.717, 1.165) is 17.1 Å². The smallest absolute Gasteiger partial charge is 0.107 e. The van der Waals surface area contributed by atoms with Gasteiger partial charge in [-0.1, -0.05) is 11.6 Å². The van der Waals surface area contributed by atoms with Crippen molar-refractivity contribution in [1.82, 2.24) is 19.4 Å². The van der Waals surface area contributed by atoms with E-state index in [1.54, 1.807) is 0 Å². The Labute approximate surface area is 137 Å². The summed E-state index contributed by atoms with van der Waals surface area (Å²) in [5.74, 6) is 0. The topological polar surface area (TPSA) is 34.0 Å². The number of hydrogen-bond donors (Lipinski definition) is 0. The molecule has 4 heteroatoms. The highest BCUT2D eigenvalue weighted by atomic mass is 15.1. The highest BCUT2D eigenvalue weighted by Gasteiger charge is 2.25. The molecule has 0 atom stereocenters. The molecular formula is C19H24N4. The van der Waals surface area contributed by atoms with Crippen molar-refractivity contribution in [3.63, 3.8) is 0 Å². The zero-order valence-corrected chi connectivity index (χ0v) is 14.2. The molecular weight excluding hydrogens is 284 g/mol. The van der Waals surface area contributed by atoms with Gasteiger partial charge < -0.3 is 9.47 Å². The van der Waals surface area contributed by atoms with E-state index in [2.05, 4.69) is 58.7 Å². The number of fused-ring (bicyclic) bond motifs is 3.